The highest BCUT2D eigenvalue weighted by molar-refractivity contribution is 7.11. The Hall–Kier alpha value is -4.65. The topological polar surface area (TPSA) is 131 Å². The van der Waals surface area contributed by atoms with Crippen molar-refractivity contribution in [3.05, 3.63) is 87.5 Å². The minimum absolute atomic E-state index is 0.00651. The van der Waals surface area contributed by atoms with Crippen molar-refractivity contribution in [2.24, 2.45) is 22.7 Å². The number of thiophene rings is 1. The number of benzene rings is 1. The van der Waals surface area contributed by atoms with E-state index >= 15 is 4.39 Å². The molecule has 3 aromatic heterocycles. The summed E-state index contributed by atoms with van der Waals surface area (Å²) in [6, 6.07) is 9.87. The Morgan fingerprint density at radius 2 is 1.91 bits per heavy atom. The largest absolute Gasteiger partial charge is 0.420 e. The van der Waals surface area contributed by atoms with E-state index in [9.17, 15) is 14.0 Å². The number of fused-ring (bicyclic) bond motifs is 5. The Labute approximate surface area is 260 Å². The van der Waals surface area contributed by atoms with Crippen LogP contribution in [0.3, 0.4) is 0 Å². The molecular weight excluding hydrogens is 602 g/mol. The smallest absolute Gasteiger partial charge is 0.342 e. The van der Waals surface area contributed by atoms with E-state index in [1.807, 2.05) is 11.4 Å². The van der Waals surface area contributed by atoms with Crippen LogP contribution in [0.25, 0.3) is 16.9 Å². The summed E-state index contributed by atoms with van der Waals surface area (Å²) in [5, 5.41) is 8.34. The van der Waals surface area contributed by atoms with Crippen molar-refractivity contribution in [2.45, 2.75) is 50.6 Å². The summed E-state index contributed by atoms with van der Waals surface area (Å²) in [6.07, 6.45) is 4.91. The maximum Gasteiger partial charge on any atom is 0.342 e. The molecule has 4 atom stereocenters. The second kappa shape index (κ2) is 10.5. The number of esters is 2. The van der Waals surface area contributed by atoms with Gasteiger partial charge in [-0.1, -0.05) is 24.3 Å². The Morgan fingerprint density at radius 3 is 2.71 bits per heavy atom. The van der Waals surface area contributed by atoms with Gasteiger partial charge in [-0.25, -0.2) is 19.2 Å². The van der Waals surface area contributed by atoms with Crippen molar-refractivity contribution in [1.82, 2.24) is 25.6 Å². The van der Waals surface area contributed by atoms with Crippen LogP contribution >= 0.6 is 11.3 Å². The van der Waals surface area contributed by atoms with Gasteiger partial charge in [0.05, 0.1) is 34.3 Å². The van der Waals surface area contributed by atoms with Gasteiger partial charge < -0.3 is 25.1 Å². The summed E-state index contributed by atoms with van der Waals surface area (Å²) in [7, 11) is 0. The van der Waals surface area contributed by atoms with Crippen LogP contribution < -0.4 is 10.6 Å². The fourth-order valence-electron chi connectivity index (χ4n) is 7.28. The van der Waals surface area contributed by atoms with Gasteiger partial charge in [0.1, 0.15) is 11.2 Å². The molecule has 5 aliphatic rings. The quantitative estimate of drug-likeness (QED) is 0.247. The van der Waals surface area contributed by atoms with Gasteiger partial charge in [0.15, 0.2) is 17.3 Å². The molecule has 2 bridgehead atoms. The third-order valence-corrected chi connectivity index (χ3v) is 10.3. The number of aliphatic imine (C=N–C) groups is 1. The van der Waals surface area contributed by atoms with Crippen molar-refractivity contribution >= 4 is 46.0 Å². The molecule has 10 nitrogen and oxygen atoms in total. The molecule has 13 heteroatoms. The first-order valence-corrected chi connectivity index (χ1v) is 15.8. The van der Waals surface area contributed by atoms with Crippen LogP contribution in [0, 0.1) is 23.7 Å². The molecule has 4 aromatic rings. The monoisotopic (exact) mass is 630 g/mol. The summed E-state index contributed by atoms with van der Waals surface area (Å²) in [6.45, 7) is 1.79. The fourth-order valence-corrected chi connectivity index (χ4v) is 8.00. The van der Waals surface area contributed by atoms with Crippen molar-refractivity contribution < 1.29 is 27.8 Å². The molecule has 2 unspecified atom stereocenters. The molecule has 2 aliphatic heterocycles. The second-order valence-corrected chi connectivity index (χ2v) is 13.0. The lowest BCUT2D eigenvalue weighted by molar-refractivity contribution is -0.179. The van der Waals surface area contributed by atoms with Crippen LogP contribution in [-0.2, 0) is 19.9 Å². The number of ether oxygens (including phenoxy) is 2. The number of carbonyl (C=O) groups excluding carboxylic acids is 2. The zero-order chi connectivity index (χ0) is 30.9. The van der Waals surface area contributed by atoms with Gasteiger partial charge in [-0.15, -0.1) is 11.3 Å². The number of aromatic amines is 1. The molecule has 9 rings (SSSR count). The van der Waals surface area contributed by atoms with E-state index in [4.69, 9.17) is 14.5 Å². The lowest BCUT2D eigenvalue weighted by atomic mass is 9.62. The molecule has 45 heavy (non-hydrogen) atoms. The molecular formula is C32H28F2N6O4S. The van der Waals surface area contributed by atoms with E-state index in [-0.39, 0.29) is 28.9 Å². The van der Waals surface area contributed by atoms with E-state index in [0.717, 1.165) is 31.9 Å². The van der Waals surface area contributed by atoms with Crippen LogP contribution in [0.1, 0.15) is 65.3 Å². The number of aromatic nitrogens is 3. The molecule has 3 fully saturated rings. The van der Waals surface area contributed by atoms with Crippen molar-refractivity contribution in [1.29, 1.82) is 0 Å². The molecule has 0 spiro atoms. The number of nitrogens with zero attached hydrogens (tertiary/aromatic N) is 3. The van der Waals surface area contributed by atoms with Crippen molar-refractivity contribution in [3.63, 3.8) is 0 Å². The van der Waals surface area contributed by atoms with E-state index in [1.54, 1.807) is 43.5 Å². The summed E-state index contributed by atoms with van der Waals surface area (Å²) >= 11 is 1.36. The fraction of sp³-hybridized carbons (Fsp3) is 0.344. The van der Waals surface area contributed by atoms with Crippen LogP contribution in [-0.4, -0.2) is 38.8 Å². The second-order valence-electron chi connectivity index (χ2n) is 12.1. The Morgan fingerprint density at radius 1 is 1.11 bits per heavy atom. The molecule has 1 aromatic carbocycles. The van der Waals surface area contributed by atoms with Gasteiger partial charge >= 0.3 is 11.9 Å². The maximum atomic E-state index is 16.5. The van der Waals surface area contributed by atoms with Crippen molar-refractivity contribution in [2.75, 3.05) is 0 Å². The van der Waals surface area contributed by atoms with Gasteiger partial charge in [0.2, 0.25) is 5.95 Å². The average molecular weight is 631 g/mol. The Kier molecular flexibility index (Phi) is 6.48. The SMILES string of the molecule is CC1(c2c[nH]c3ncc(F)nc23)NC(=N[C@H]2C3CCC(CC3)[C@@H]2C(=O)OC2OC(=O)c3ccccc32)C(F)=C(c2cccs2)N1. The number of carbonyl (C=O) groups is 2. The van der Waals surface area contributed by atoms with Gasteiger partial charge in [0.25, 0.3) is 6.29 Å². The molecule has 3 saturated carbocycles. The number of hydrogen-bond acceptors (Lipinski definition) is 9. The number of halogens is 2. The number of nitrogens with one attached hydrogen (secondary N) is 3. The number of hydrogen-bond donors (Lipinski definition) is 3. The predicted octanol–water partition coefficient (Wildman–Crippen LogP) is 5.48. The van der Waals surface area contributed by atoms with Gasteiger partial charge in [-0.2, -0.15) is 4.39 Å². The first kappa shape index (κ1) is 27.9. The summed E-state index contributed by atoms with van der Waals surface area (Å²) in [5.41, 5.74) is 1.09. The molecule has 3 N–H and O–H groups in total. The standard InChI is InChI=1S/C32H28F2N6O4S/c1-32(19-13-35-28-25(19)37-21(33)14-36-28)39-26(20-7-4-12-45-20)23(34)27(40-32)38-24-16-10-8-15(9-11-16)22(24)30(42)44-31-18-6-3-2-5-17(18)29(41)43-31/h2-7,12-16,22,24,31,39H,8-11H2,1H3,(H,35,36)(H,38,40)/t15?,16?,22-,24-,31?,32?/m0/s1. The third-order valence-electron chi connectivity index (χ3n) is 9.43. The van der Waals surface area contributed by atoms with Crippen LogP contribution in [0.4, 0.5) is 8.78 Å². The van der Waals surface area contributed by atoms with E-state index in [1.165, 1.54) is 11.3 Å². The Balaban J connectivity index is 1.18. The highest BCUT2D eigenvalue weighted by atomic mass is 32.1. The van der Waals surface area contributed by atoms with Gasteiger partial charge in [-0.05, 0) is 62.0 Å². The van der Waals surface area contributed by atoms with Crippen molar-refractivity contribution in [3.8, 4) is 0 Å². The summed E-state index contributed by atoms with van der Waals surface area (Å²) in [5.74, 6) is -3.04. The van der Waals surface area contributed by atoms with E-state index in [0.29, 0.717) is 27.2 Å². The lowest BCUT2D eigenvalue weighted by Crippen LogP contribution is -2.58. The number of rotatable bonds is 5. The molecule has 0 amide bonds. The molecule has 0 saturated heterocycles. The zero-order valence-electron chi connectivity index (χ0n) is 24.1. The normalized spacial score (nSPS) is 29.8. The van der Waals surface area contributed by atoms with Crippen LogP contribution in [0.2, 0.25) is 0 Å². The third kappa shape index (κ3) is 4.59. The predicted molar refractivity (Wildman–Crippen MR) is 161 cm³/mol. The molecule has 5 heterocycles. The molecule has 230 valence electrons. The number of H-pyrrole nitrogens is 1. The highest BCUT2D eigenvalue weighted by Crippen LogP contribution is 2.48. The first-order valence-electron chi connectivity index (χ1n) is 14.9. The maximum absolute atomic E-state index is 16.5. The van der Waals surface area contributed by atoms with Gasteiger partial charge in [0, 0.05) is 17.3 Å². The van der Waals surface area contributed by atoms with Crippen LogP contribution in [0.5, 0.6) is 0 Å². The van der Waals surface area contributed by atoms with E-state index in [2.05, 4.69) is 25.6 Å². The average Bonchev–Trinajstić information content (AvgIpc) is 3.80. The number of amidine groups is 1. The summed E-state index contributed by atoms with van der Waals surface area (Å²) < 4.78 is 41.9. The molecule has 0 radical (unpaired) electrons. The van der Waals surface area contributed by atoms with Crippen LogP contribution in [0.15, 0.2) is 65.0 Å². The number of cyclic esters (lactones) is 1. The summed E-state index contributed by atoms with van der Waals surface area (Å²) in [4.78, 5) is 43.0. The highest BCUT2D eigenvalue weighted by Gasteiger charge is 2.50. The zero-order valence-corrected chi connectivity index (χ0v) is 24.9. The lowest BCUT2D eigenvalue weighted by Gasteiger charge is -2.46. The minimum Gasteiger partial charge on any atom is -0.420 e. The van der Waals surface area contributed by atoms with E-state index < -0.39 is 47.6 Å². The first-order chi connectivity index (χ1) is 21.8. The minimum atomic E-state index is -1.18. The van der Waals surface area contributed by atoms with Gasteiger partial charge in [-0.3, -0.25) is 9.79 Å². The Bertz CT molecular complexity index is 1900. The molecule has 3 aliphatic carbocycles.